The number of hydrogen-bond donors (Lipinski definition) is 8. The number of ether oxygens (including phenoxy) is 8. The van der Waals surface area contributed by atoms with E-state index in [1.165, 1.54) is 21.0 Å². The van der Waals surface area contributed by atoms with E-state index in [2.05, 4.69) is 21.3 Å². The van der Waals surface area contributed by atoms with Crippen LogP contribution in [0.25, 0.3) is 0 Å². The van der Waals surface area contributed by atoms with E-state index in [-0.39, 0.29) is 76.6 Å². The molecule has 2 aliphatic heterocycles. The maximum Gasteiger partial charge on any atom is 0.295 e. The summed E-state index contributed by atoms with van der Waals surface area (Å²) in [6, 6.07) is -1.09. The molecule has 4 fully saturated rings. The molecule has 0 radical (unpaired) electrons. The highest BCUT2D eigenvalue weighted by atomic mass is 16.7. The first kappa shape index (κ1) is 55.2. The van der Waals surface area contributed by atoms with E-state index >= 15 is 0 Å². The molecule has 21 heteroatoms. The van der Waals surface area contributed by atoms with Gasteiger partial charge in [0.2, 0.25) is 17.7 Å². The summed E-state index contributed by atoms with van der Waals surface area (Å²) in [7, 11) is 1.41. The summed E-state index contributed by atoms with van der Waals surface area (Å²) in [5.74, 6) is -0.455. The van der Waals surface area contributed by atoms with Gasteiger partial charge in [-0.05, 0) is 43.9 Å². The molecular formula is C45H74N4O17. The van der Waals surface area contributed by atoms with E-state index in [1.54, 1.807) is 0 Å². The van der Waals surface area contributed by atoms with Gasteiger partial charge in [-0.2, -0.15) is 0 Å². The normalized spacial score (nSPS) is 33.2. The van der Waals surface area contributed by atoms with Crippen molar-refractivity contribution in [1.82, 2.24) is 21.3 Å². The van der Waals surface area contributed by atoms with E-state index in [0.717, 1.165) is 38.4 Å². The molecule has 0 spiro atoms. The van der Waals surface area contributed by atoms with Gasteiger partial charge in [-0.3, -0.25) is 19.2 Å². The zero-order valence-corrected chi connectivity index (χ0v) is 38.7. The smallest absolute Gasteiger partial charge is 0.295 e. The van der Waals surface area contributed by atoms with E-state index in [4.69, 9.17) is 44.3 Å². The van der Waals surface area contributed by atoms with Crippen LogP contribution in [0.15, 0.2) is 0 Å². The highest BCUT2D eigenvalue weighted by Gasteiger charge is 2.53. The van der Waals surface area contributed by atoms with E-state index < -0.39 is 110 Å². The Morgan fingerprint density at radius 2 is 1.56 bits per heavy atom. The summed E-state index contributed by atoms with van der Waals surface area (Å²) in [6.07, 6.45) is -1.80. The number of rotatable bonds is 26. The standard InChI is InChI=1S/C45H74N4O17/c1-6-29-22-30(43(58)48-15-14-46-35(54)13-17-60-19-20-61-18-16-47-34(53)7-2)23-32(40(29)66-45-39(57)38(56)37(55)26(3)62-45)64-44-36(49-27(4)52)42(41(59-5)33(25-51)65-44)63-31(24-50)21-28-11-9-8-10-12-28/h2,24,26,28-33,36-42,44-45,51,55-57H,6,8-23,25H2,1,3-5H3,(H,46,54)(H,47,53)(H,48,58)(H,49,52)/t26?,29?,30?,31-,32-,33?,36?,37-,38?,39?,40?,41+,42?,44-,45+/m1/s1. The fraction of sp³-hybridized carbons (Fsp3) is 0.844. The van der Waals surface area contributed by atoms with Gasteiger partial charge in [0.1, 0.15) is 55.1 Å². The summed E-state index contributed by atoms with van der Waals surface area (Å²) in [5, 5.41) is 53.6. The number of methoxy groups -OCH3 is 1. The van der Waals surface area contributed by atoms with E-state index in [9.17, 15) is 44.4 Å². The summed E-state index contributed by atoms with van der Waals surface area (Å²) in [4.78, 5) is 62.8. The number of aliphatic hydroxyl groups excluding tert-OH is 4. The predicted octanol–water partition coefficient (Wildman–Crippen LogP) is -1.41. The topological polar surface area (TPSA) is 288 Å². The Hall–Kier alpha value is -3.37. The molecule has 0 aromatic heterocycles. The molecule has 376 valence electrons. The summed E-state index contributed by atoms with van der Waals surface area (Å²) >= 11 is 0. The van der Waals surface area contributed by atoms with Crippen molar-refractivity contribution in [2.45, 2.75) is 165 Å². The van der Waals surface area contributed by atoms with Crippen molar-refractivity contribution < 1.29 is 82.3 Å². The van der Waals surface area contributed by atoms with Gasteiger partial charge in [0, 0.05) is 46.0 Å². The van der Waals surface area contributed by atoms with Crippen LogP contribution in [0.4, 0.5) is 0 Å². The maximum absolute atomic E-state index is 13.9. The molecule has 4 aliphatic rings. The van der Waals surface area contributed by atoms with Crippen molar-refractivity contribution in [1.29, 1.82) is 0 Å². The summed E-state index contributed by atoms with van der Waals surface area (Å²) < 4.78 is 48.5. The fourth-order valence-electron chi connectivity index (χ4n) is 9.20. The SMILES string of the molecule is C#CC(=O)NCCOCCOCCC(=O)NCCNC(=O)C1CC(CC)C(O[C@@H]2OC(C)[C@@H](O)C(O)C2O)[C@H](O[C@@H]2OC(CO)[C@H](OC)C(O[C@@H](C=O)CC3CCCCC3)C2NC(C)=O)C1. The molecular weight excluding hydrogens is 869 g/mol. The van der Waals surface area contributed by atoms with Gasteiger partial charge < -0.3 is 84.4 Å². The molecule has 2 heterocycles. The minimum Gasteiger partial charge on any atom is -0.394 e. The van der Waals surface area contributed by atoms with Crippen molar-refractivity contribution in [3.8, 4) is 12.3 Å². The Labute approximate surface area is 387 Å². The third-order valence-corrected chi connectivity index (χ3v) is 12.7. The van der Waals surface area contributed by atoms with Gasteiger partial charge in [-0.25, -0.2) is 0 Å². The lowest BCUT2D eigenvalue weighted by Gasteiger charge is -2.49. The van der Waals surface area contributed by atoms with Crippen LogP contribution in [-0.4, -0.2) is 190 Å². The first-order chi connectivity index (χ1) is 31.7. The van der Waals surface area contributed by atoms with Gasteiger partial charge in [0.05, 0.1) is 51.3 Å². The third-order valence-electron chi connectivity index (χ3n) is 12.7. The second-order valence-corrected chi connectivity index (χ2v) is 17.5. The van der Waals surface area contributed by atoms with Crippen LogP contribution in [-0.2, 0) is 61.9 Å². The fourth-order valence-corrected chi connectivity index (χ4v) is 9.20. The second kappa shape index (κ2) is 28.8. The van der Waals surface area contributed by atoms with Crippen LogP contribution in [0.3, 0.4) is 0 Å². The van der Waals surface area contributed by atoms with Crippen molar-refractivity contribution >= 4 is 29.9 Å². The average Bonchev–Trinajstić information content (AvgIpc) is 3.31. The Morgan fingerprint density at radius 1 is 0.848 bits per heavy atom. The molecule has 0 aromatic carbocycles. The first-order valence-electron chi connectivity index (χ1n) is 23.4. The summed E-state index contributed by atoms with van der Waals surface area (Å²) in [5.41, 5.74) is 0. The van der Waals surface area contributed by atoms with Crippen LogP contribution in [0.2, 0.25) is 0 Å². The maximum atomic E-state index is 13.9. The van der Waals surface area contributed by atoms with Gasteiger partial charge >= 0.3 is 0 Å². The molecule has 66 heavy (non-hydrogen) atoms. The molecule has 2 saturated heterocycles. The monoisotopic (exact) mass is 943 g/mol. The van der Waals surface area contributed by atoms with Gasteiger partial charge in [-0.15, -0.1) is 6.42 Å². The third kappa shape index (κ3) is 16.7. The first-order valence-corrected chi connectivity index (χ1v) is 23.4. The minimum atomic E-state index is -1.64. The highest BCUT2D eigenvalue weighted by Crippen LogP contribution is 2.40. The molecule has 2 aliphatic carbocycles. The number of nitrogens with one attached hydrogen (secondary N) is 4. The Balaban J connectivity index is 1.46. The van der Waals surface area contributed by atoms with Crippen LogP contribution < -0.4 is 21.3 Å². The summed E-state index contributed by atoms with van der Waals surface area (Å²) in [6.45, 7) is 5.61. The number of amides is 4. The number of terminal acetylenes is 1. The Kier molecular flexibility index (Phi) is 24.1. The number of hydrogen-bond acceptors (Lipinski definition) is 17. The van der Waals surface area contributed by atoms with Crippen molar-refractivity contribution in [2.24, 2.45) is 17.8 Å². The van der Waals surface area contributed by atoms with Crippen LogP contribution in [0.5, 0.6) is 0 Å². The van der Waals surface area contributed by atoms with Crippen LogP contribution >= 0.6 is 0 Å². The van der Waals surface area contributed by atoms with Crippen molar-refractivity contribution in [3.05, 3.63) is 0 Å². The molecule has 0 aromatic rings. The largest absolute Gasteiger partial charge is 0.394 e. The lowest BCUT2D eigenvalue weighted by Crippen LogP contribution is -2.67. The number of carbonyl (C=O) groups is 5. The van der Waals surface area contributed by atoms with E-state index in [1.807, 2.05) is 12.8 Å². The average molecular weight is 943 g/mol. The Morgan fingerprint density at radius 3 is 2.21 bits per heavy atom. The number of aldehydes is 1. The molecule has 0 bridgehead atoms. The molecule has 15 atom stereocenters. The second-order valence-electron chi connectivity index (χ2n) is 17.5. The molecule has 9 unspecified atom stereocenters. The van der Waals surface area contributed by atoms with Gasteiger partial charge in [0.25, 0.3) is 5.91 Å². The van der Waals surface area contributed by atoms with Crippen LogP contribution in [0, 0.1) is 30.1 Å². The molecule has 4 rings (SSSR count). The van der Waals surface area contributed by atoms with Crippen LogP contribution in [0.1, 0.15) is 85.0 Å². The predicted molar refractivity (Wildman–Crippen MR) is 233 cm³/mol. The van der Waals surface area contributed by atoms with Crippen molar-refractivity contribution in [3.63, 3.8) is 0 Å². The quantitative estimate of drug-likeness (QED) is 0.0281. The minimum absolute atomic E-state index is 0.0395. The number of aliphatic hydroxyl groups is 4. The van der Waals surface area contributed by atoms with Gasteiger partial charge in [-0.1, -0.05) is 45.4 Å². The molecule has 8 N–H and O–H groups in total. The van der Waals surface area contributed by atoms with E-state index in [0.29, 0.717) is 19.3 Å². The number of carbonyl (C=O) groups excluding carboxylic acids is 5. The molecule has 4 amide bonds. The zero-order valence-electron chi connectivity index (χ0n) is 38.7. The zero-order chi connectivity index (χ0) is 48.2. The Bertz CT molecular complexity index is 1550. The van der Waals surface area contributed by atoms with Gasteiger partial charge in [0.15, 0.2) is 12.6 Å². The van der Waals surface area contributed by atoms with Crippen molar-refractivity contribution in [2.75, 3.05) is 59.8 Å². The highest BCUT2D eigenvalue weighted by molar-refractivity contribution is 5.92. The lowest BCUT2D eigenvalue weighted by molar-refractivity contribution is -0.339. The lowest BCUT2D eigenvalue weighted by atomic mass is 9.75. The molecule has 21 nitrogen and oxygen atoms in total. The molecule has 2 saturated carbocycles.